The largest absolute Gasteiger partial charge is 0.330 e. The van der Waals surface area contributed by atoms with Gasteiger partial charge in [-0.05, 0) is 37.6 Å². The Morgan fingerprint density at radius 3 is 2.33 bits per heavy atom. The smallest absolute Gasteiger partial charge is 0.228 e. The first kappa shape index (κ1) is 14.4. The molecule has 1 aromatic rings. The van der Waals surface area contributed by atoms with E-state index in [2.05, 4.69) is 5.32 Å². The maximum atomic E-state index is 11.9. The summed E-state index contributed by atoms with van der Waals surface area (Å²) in [6.45, 7) is 3.89. The van der Waals surface area contributed by atoms with Crippen molar-refractivity contribution in [1.29, 1.82) is 0 Å². The summed E-state index contributed by atoms with van der Waals surface area (Å²) in [6.07, 6.45) is 1.71. The van der Waals surface area contributed by atoms with Gasteiger partial charge in [0, 0.05) is 17.8 Å². The number of nitrogens with two attached hydrogens (primary N) is 1. The molecule has 1 rings (SSSR count). The zero-order valence-electron chi connectivity index (χ0n) is 10.9. The highest BCUT2D eigenvalue weighted by molar-refractivity contribution is 5.96. The summed E-state index contributed by atoms with van der Waals surface area (Å²) in [5.74, 6) is -0.198. The zero-order valence-corrected chi connectivity index (χ0v) is 10.9. The molecule has 0 radical (unpaired) electrons. The van der Waals surface area contributed by atoms with Crippen molar-refractivity contribution >= 4 is 17.4 Å². The lowest BCUT2D eigenvalue weighted by atomic mass is 10.0. The third-order valence-corrected chi connectivity index (χ3v) is 2.85. The molecule has 4 nitrogen and oxygen atoms in total. The summed E-state index contributed by atoms with van der Waals surface area (Å²) in [5.41, 5.74) is 6.90. The molecular formula is C14H20N2O2. The van der Waals surface area contributed by atoms with Crippen molar-refractivity contribution in [3.8, 4) is 0 Å². The van der Waals surface area contributed by atoms with Crippen molar-refractivity contribution in [1.82, 2.24) is 0 Å². The topological polar surface area (TPSA) is 72.2 Å². The number of hydrogen-bond acceptors (Lipinski definition) is 3. The standard InChI is InChI=1S/C14H20N2O2/c1-3-4-12(9-15)14(18)16-13-7-5-11(6-8-13)10(2)17/h5-8,12H,3-4,9,15H2,1-2H3,(H,16,18). The number of amides is 1. The van der Waals surface area contributed by atoms with E-state index in [4.69, 9.17) is 5.73 Å². The molecule has 0 spiro atoms. The minimum atomic E-state index is -0.150. The predicted molar refractivity (Wildman–Crippen MR) is 72.5 cm³/mol. The number of anilines is 1. The molecule has 1 atom stereocenters. The van der Waals surface area contributed by atoms with Gasteiger partial charge < -0.3 is 11.1 Å². The monoisotopic (exact) mass is 248 g/mol. The number of carbonyl (C=O) groups is 2. The number of nitrogens with one attached hydrogen (secondary N) is 1. The van der Waals surface area contributed by atoms with Crippen molar-refractivity contribution in [3.05, 3.63) is 29.8 Å². The van der Waals surface area contributed by atoms with E-state index in [1.807, 2.05) is 6.92 Å². The molecule has 0 aliphatic rings. The molecular weight excluding hydrogens is 228 g/mol. The van der Waals surface area contributed by atoms with Crippen LogP contribution in [-0.2, 0) is 4.79 Å². The number of benzene rings is 1. The fourth-order valence-electron chi connectivity index (χ4n) is 1.74. The van der Waals surface area contributed by atoms with E-state index >= 15 is 0 Å². The van der Waals surface area contributed by atoms with Gasteiger partial charge in [-0.2, -0.15) is 0 Å². The Balaban J connectivity index is 2.66. The number of ketones is 1. The molecule has 0 saturated carbocycles. The lowest BCUT2D eigenvalue weighted by Gasteiger charge is -2.13. The summed E-state index contributed by atoms with van der Waals surface area (Å²) in [7, 11) is 0. The van der Waals surface area contributed by atoms with Gasteiger partial charge in [0.2, 0.25) is 5.91 Å². The number of carbonyl (C=O) groups excluding carboxylic acids is 2. The Kier molecular flexibility index (Phi) is 5.52. The van der Waals surface area contributed by atoms with Crippen LogP contribution in [0, 0.1) is 5.92 Å². The lowest BCUT2D eigenvalue weighted by molar-refractivity contribution is -0.119. The number of rotatable bonds is 6. The van der Waals surface area contributed by atoms with E-state index in [1.165, 1.54) is 6.92 Å². The Morgan fingerprint density at radius 1 is 1.28 bits per heavy atom. The van der Waals surface area contributed by atoms with Crippen LogP contribution in [0.4, 0.5) is 5.69 Å². The van der Waals surface area contributed by atoms with Crippen LogP contribution in [0.15, 0.2) is 24.3 Å². The Morgan fingerprint density at radius 2 is 1.89 bits per heavy atom. The molecule has 0 bridgehead atoms. The molecule has 0 saturated heterocycles. The molecule has 0 aliphatic carbocycles. The van der Waals surface area contributed by atoms with E-state index in [0.717, 1.165) is 12.8 Å². The maximum Gasteiger partial charge on any atom is 0.228 e. The summed E-state index contributed by atoms with van der Waals surface area (Å²) in [6, 6.07) is 6.87. The number of hydrogen-bond donors (Lipinski definition) is 2. The molecule has 0 aromatic heterocycles. The summed E-state index contributed by atoms with van der Waals surface area (Å²) >= 11 is 0. The second-order valence-corrected chi connectivity index (χ2v) is 4.34. The zero-order chi connectivity index (χ0) is 13.5. The highest BCUT2D eigenvalue weighted by atomic mass is 16.2. The fourth-order valence-corrected chi connectivity index (χ4v) is 1.74. The van der Waals surface area contributed by atoms with E-state index < -0.39 is 0 Å². The second kappa shape index (κ2) is 6.91. The first-order chi connectivity index (χ1) is 8.58. The van der Waals surface area contributed by atoms with Crippen LogP contribution in [0.1, 0.15) is 37.0 Å². The minimum Gasteiger partial charge on any atom is -0.330 e. The van der Waals surface area contributed by atoms with Crippen molar-refractivity contribution < 1.29 is 9.59 Å². The van der Waals surface area contributed by atoms with E-state index in [0.29, 0.717) is 17.8 Å². The molecule has 1 amide bonds. The quantitative estimate of drug-likeness (QED) is 0.758. The van der Waals surface area contributed by atoms with E-state index in [1.54, 1.807) is 24.3 Å². The molecule has 18 heavy (non-hydrogen) atoms. The molecule has 1 aromatic carbocycles. The van der Waals surface area contributed by atoms with Crippen LogP contribution in [0.25, 0.3) is 0 Å². The predicted octanol–water partition coefficient (Wildman–Crippen LogP) is 2.20. The van der Waals surface area contributed by atoms with Crippen molar-refractivity contribution in [2.45, 2.75) is 26.7 Å². The highest BCUT2D eigenvalue weighted by Gasteiger charge is 2.15. The van der Waals surface area contributed by atoms with Crippen LogP contribution in [0.3, 0.4) is 0 Å². The average Bonchev–Trinajstić information content (AvgIpc) is 2.36. The van der Waals surface area contributed by atoms with Crippen LogP contribution < -0.4 is 11.1 Å². The lowest BCUT2D eigenvalue weighted by Crippen LogP contribution is -2.29. The number of Topliss-reactive ketones (excluding diaryl/α,β-unsaturated/α-hetero) is 1. The van der Waals surface area contributed by atoms with Crippen molar-refractivity contribution in [2.75, 3.05) is 11.9 Å². The highest BCUT2D eigenvalue weighted by Crippen LogP contribution is 2.13. The third-order valence-electron chi connectivity index (χ3n) is 2.85. The van der Waals surface area contributed by atoms with Gasteiger partial charge in [-0.25, -0.2) is 0 Å². The first-order valence-electron chi connectivity index (χ1n) is 6.20. The van der Waals surface area contributed by atoms with Gasteiger partial charge in [0.1, 0.15) is 0 Å². The van der Waals surface area contributed by atoms with Gasteiger partial charge in [0.05, 0.1) is 5.92 Å². The maximum absolute atomic E-state index is 11.9. The van der Waals surface area contributed by atoms with Gasteiger partial charge in [-0.15, -0.1) is 0 Å². The Bertz CT molecular complexity index is 412. The van der Waals surface area contributed by atoms with Crippen LogP contribution in [-0.4, -0.2) is 18.2 Å². The summed E-state index contributed by atoms with van der Waals surface area (Å²) in [5, 5.41) is 2.81. The normalized spacial score (nSPS) is 11.9. The molecule has 4 heteroatoms. The van der Waals surface area contributed by atoms with Crippen molar-refractivity contribution in [2.24, 2.45) is 11.7 Å². The molecule has 3 N–H and O–H groups in total. The summed E-state index contributed by atoms with van der Waals surface area (Å²) in [4.78, 5) is 23.0. The van der Waals surface area contributed by atoms with Crippen LogP contribution in [0.2, 0.25) is 0 Å². The Hall–Kier alpha value is -1.68. The van der Waals surface area contributed by atoms with E-state index in [-0.39, 0.29) is 17.6 Å². The van der Waals surface area contributed by atoms with Gasteiger partial charge in [0.15, 0.2) is 5.78 Å². The second-order valence-electron chi connectivity index (χ2n) is 4.34. The van der Waals surface area contributed by atoms with Crippen molar-refractivity contribution in [3.63, 3.8) is 0 Å². The van der Waals surface area contributed by atoms with Gasteiger partial charge in [-0.3, -0.25) is 9.59 Å². The average molecular weight is 248 g/mol. The van der Waals surface area contributed by atoms with Gasteiger partial charge >= 0.3 is 0 Å². The molecule has 0 heterocycles. The SMILES string of the molecule is CCCC(CN)C(=O)Nc1ccc(C(C)=O)cc1. The molecule has 98 valence electrons. The Labute approximate surface area is 108 Å². The van der Waals surface area contributed by atoms with E-state index in [9.17, 15) is 9.59 Å². The fraction of sp³-hybridized carbons (Fsp3) is 0.429. The van der Waals surface area contributed by atoms with Gasteiger partial charge in [-0.1, -0.05) is 13.3 Å². The third kappa shape index (κ3) is 3.96. The molecule has 1 unspecified atom stereocenters. The molecule has 0 fully saturated rings. The van der Waals surface area contributed by atoms with Crippen LogP contribution in [0.5, 0.6) is 0 Å². The first-order valence-corrected chi connectivity index (χ1v) is 6.20. The summed E-state index contributed by atoms with van der Waals surface area (Å²) < 4.78 is 0. The van der Waals surface area contributed by atoms with Crippen LogP contribution >= 0.6 is 0 Å². The molecule has 0 aliphatic heterocycles. The minimum absolute atomic E-state index is 0.0127. The van der Waals surface area contributed by atoms with Gasteiger partial charge in [0.25, 0.3) is 0 Å².